The number of ether oxygens (including phenoxy) is 1. The molecule has 0 bridgehead atoms. The molecule has 2 aliphatic heterocycles. The number of likely N-dealkylation sites (tertiary alicyclic amines) is 2. The summed E-state index contributed by atoms with van der Waals surface area (Å²) >= 11 is 0. The molecule has 1 aromatic rings. The van der Waals surface area contributed by atoms with Gasteiger partial charge in [0.25, 0.3) is 5.91 Å². The van der Waals surface area contributed by atoms with Gasteiger partial charge in [-0.1, -0.05) is 32.0 Å². The highest BCUT2D eigenvalue weighted by Crippen LogP contribution is 2.22. The number of carbonyl (C=O) groups excluding carboxylic acids is 3. The van der Waals surface area contributed by atoms with Gasteiger partial charge in [0.1, 0.15) is 0 Å². The number of piperidine rings is 2. The Labute approximate surface area is 172 Å². The van der Waals surface area contributed by atoms with Gasteiger partial charge >= 0.3 is 12.0 Å². The number of carbonyl (C=O) groups is 3. The Balaban J connectivity index is 1.39. The summed E-state index contributed by atoms with van der Waals surface area (Å²) in [5.41, 5.74) is 0.749. The first-order chi connectivity index (χ1) is 13.9. The molecule has 2 aliphatic rings. The number of hydrogen-bond donors (Lipinski definition) is 1. The maximum Gasteiger partial charge on any atom is 0.321 e. The van der Waals surface area contributed by atoms with E-state index < -0.39 is 0 Å². The van der Waals surface area contributed by atoms with Gasteiger partial charge in [0.05, 0.1) is 5.92 Å². The van der Waals surface area contributed by atoms with Crippen molar-refractivity contribution in [1.82, 2.24) is 9.80 Å². The minimum Gasteiger partial charge on any atom is -0.455 e. The van der Waals surface area contributed by atoms with Gasteiger partial charge in [-0.15, -0.1) is 0 Å². The molecule has 0 saturated carbocycles. The molecule has 7 heteroatoms. The number of urea groups is 1. The first-order valence-corrected chi connectivity index (χ1v) is 10.5. The molecule has 7 nitrogen and oxygen atoms in total. The van der Waals surface area contributed by atoms with Gasteiger partial charge < -0.3 is 19.9 Å². The van der Waals surface area contributed by atoms with Crippen LogP contribution >= 0.6 is 0 Å². The van der Waals surface area contributed by atoms with Gasteiger partial charge in [0.15, 0.2) is 6.61 Å². The van der Waals surface area contributed by atoms with Crippen LogP contribution in [0.2, 0.25) is 0 Å². The lowest BCUT2D eigenvalue weighted by molar-refractivity contribution is -0.157. The third-order valence-corrected chi connectivity index (χ3v) is 5.70. The number of benzene rings is 1. The fraction of sp³-hybridized carbons (Fsp3) is 0.591. The fourth-order valence-electron chi connectivity index (χ4n) is 4.25. The lowest BCUT2D eigenvalue weighted by atomic mass is 9.92. The highest BCUT2D eigenvalue weighted by Gasteiger charge is 2.30. The van der Waals surface area contributed by atoms with Crippen LogP contribution in [-0.4, -0.2) is 60.5 Å². The second-order valence-corrected chi connectivity index (χ2v) is 8.41. The maximum atomic E-state index is 12.4. The van der Waals surface area contributed by atoms with Crippen LogP contribution in [0.5, 0.6) is 0 Å². The van der Waals surface area contributed by atoms with Crippen LogP contribution in [0.3, 0.4) is 0 Å². The van der Waals surface area contributed by atoms with Crippen molar-refractivity contribution in [2.45, 2.75) is 33.1 Å². The van der Waals surface area contributed by atoms with Gasteiger partial charge in [-0.25, -0.2) is 4.79 Å². The van der Waals surface area contributed by atoms with Gasteiger partial charge in [0.2, 0.25) is 0 Å². The standard InChI is InChI=1S/C22H31N3O4/c1-16-12-17(2)14-25(13-16)20(26)15-29-21(27)18-8-10-24(11-9-18)22(28)23-19-6-4-3-5-7-19/h3-7,16-18H,8-15H2,1-2H3,(H,23,28)/t16-,17-/m1/s1. The van der Waals surface area contributed by atoms with Crippen LogP contribution in [0.25, 0.3) is 0 Å². The average molecular weight is 402 g/mol. The Morgan fingerprint density at radius 1 is 1.00 bits per heavy atom. The van der Waals surface area contributed by atoms with E-state index in [9.17, 15) is 14.4 Å². The van der Waals surface area contributed by atoms with E-state index in [1.807, 2.05) is 35.2 Å². The molecule has 2 heterocycles. The second kappa shape index (κ2) is 9.76. The number of rotatable bonds is 4. The van der Waals surface area contributed by atoms with E-state index in [-0.39, 0.29) is 30.4 Å². The molecule has 0 aliphatic carbocycles. The molecule has 3 amide bonds. The molecule has 1 aromatic carbocycles. The molecule has 158 valence electrons. The van der Waals surface area contributed by atoms with E-state index in [4.69, 9.17) is 4.74 Å². The monoisotopic (exact) mass is 401 g/mol. The zero-order valence-electron chi connectivity index (χ0n) is 17.3. The minimum absolute atomic E-state index is 0.114. The number of anilines is 1. The second-order valence-electron chi connectivity index (χ2n) is 8.41. The summed E-state index contributed by atoms with van der Waals surface area (Å²) in [6, 6.07) is 9.14. The molecule has 3 rings (SSSR count). The molecule has 0 spiro atoms. The molecule has 1 N–H and O–H groups in total. The smallest absolute Gasteiger partial charge is 0.321 e. The van der Waals surface area contributed by atoms with E-state index in [0.717, 1.165) is 25.2 Å². The quantitative estimate of drug-likeness (QED) is 0.787. The largest absolute Gasteiger partial charge is 0.455 e. The van der Waals surface area contributed by atoms with E-state index in [1.165, 1.54) is 0 Å². The summed E-state index contributed by atoms with van der Waals surface area (Å²) in [6.07, 6.45) is 2.22. The molecule has 2 fully saturated rings. The maximum absolute atomic E-state index is 12.4. The molecule has 2 saturated heterocycles. The highest BCUT2D eigenvalue weighted by atomic mass is 16.5. The van der Waals surface area contributed by atoms with E-state index in [2.05, 4.69) is 19.2 Å². The molecule has 0 radical (unpaired) electrons. The predicted octanol–water partition coefficient (Wildman–Crippen LogP) is 2.98. The van der Waals surface area contributed by atoms with Crippen LogP contribution in [0.15, 0.2) is 30.3 Å². The Kier molecular flexibility index (Phi) is 7.12. The minimum atomic E-state index is -0.334. The third kappa shape index (κ3) is 5.95. The van der Waals surface area contributed by atoms with Crippen molar-refractivity contribution < 1.29 is 19.1 Å². The summed E-state index contributed by atoms with van der Waals surface area (Å²) < 4.78 is 5.31. The lowest BCUT2D eigenvalue weighted by Crippen LogP contribution is -2.45. The molecule has 0 aromatic heterocycles. The SMILES string of the molecule is C[C@@H]1C[C@@H](C)CN(C(=O)COC(=O)C2CCN(C(=O)Nc3ccccc3)CC2)C1. The number of amides is 3. The molecule has 0 unspecified atom stereocenters. The van der Waals surface area contributed by atoms with E-state index in [0.29, 0.717) is 37.8 Å². The van der Waals surface area contributed by atoms with Crippen molar-refractivity contribution >= 4 is 23.6 Å². The summed E-state index contributed by atoms with van der Waals surface area (Å²) in [5, 5.41) is 2.86. The number of nitrogens with zero attached hydrogens (tertiary/aromatic N) is 2. The Hall–Kier alpha value is -2.57. The summed E-state index contributed by atoms with van der Waals surface area (Å²) in [4.78, 5) is 40.6. The lowest BCUT2D eigenvalue weighted by Gasteiger charge is -2.35. The summed E-state index contributed by atoms with van der Waals surface area (Å²) in [6.45, 7) is 6.55. The normalized spacial score (nSPS) is 22.8. The number of para-hydroxylation sites is 1. The van der Waals surface area contributed by atoms with Gasteiger partial charge in [-0.2, -0.15) is 0 Å². The fourth-order valence-corrected chi connectivity index (χ4v) is 4.25. The first-order valence-electron chi connectivity index (χ1n) is 10.5. The molecular formula is C22H31N3O4. The van der Waals surface area contributed by atoms with Crippen molar-refractivity contribution in [2.75, 3.05) is 38.1 Å². The number of hydrogen-bond acceptors (Lipinski definition) is 4. The van der Waals surface area contributed by atoms with E-state index in [1.54, 1.807) is 4.90 Å². The Morgan fingerprint density at radius 2 is 1.62 bits per heavy atom. The highest BCUT2D eigenvalue weighted by molar-refractivity contribution is 5.89. The van der Waals surface area contributed by atoms with Crippen molar-refractivity contribution in [3.05, 3.63) is 30.3 Å². The van der Waals surface area contributed by atoms with Gasteiger partial charge in [0, 0.05) is 31.9 Å². The van der Waals surface area contributed by atoms with Crippen molar-refractivity contribution in [2.24, 2.45) is 17.8 Å². The van der Waals surface area contributed by atoms with Crippen LogP contribution in [-0.2, 0) is 14.3 Å². The zero-order valence-corrected chi connectivity index (χ0v) is 17.3. The van der Waals surface area contributed by atoms with Crippen molar-refractivity contribution in [3.8, 4) is 0 Å². The van der Waals surface area contributed by atoms with Gasteiger partial charge in [-0.3, -0.25) is 9.59 Å². The third-order valence-electron chi connectivity index (χ3n) is 5.70. The van der Waals surface area contributed by atoms with Crippen LogP contribution in [0, 0.1) is 17.8 Å². The average Bonchev–Trinajstić information content (AvgIpc) is 2.72. The molecular weight excluding hydrogens is 370 g/mol. The predicted molar refractivity (Wildman–Crippen MR) is 110 cm³/mol. The first kappa shape index (κ1) is 21.1. The number of esters is 1. The van der Waals surface area contributed by atoms with Crippen LogP contribution < -0.4 is 5.32 Å². The van der Waals surface area contributed by atoms with Crippen molar-refractivity contribution in [3.63, 3.8) is 0 Å². The Morgan fingerprint density at radius 3 is 2.24 bits per heavy atom. The summed E-state index contributed by atoms with van der Waals surface area (Å²) in [7, 11) is 0. The molecule has 2 atom stereocenters. The van der Waals surface area contributed by atoms with Crippen LogP contribution in [0.1, 0.15) is 33.1 Å². The van der Waals surface area contributed by atoms with Gasteiger partial charge in [-0.05, 0) is 43.2 Å². The van der Waals surface area contributed by atoms with Crippen LogP contribution in [0.4, 0.5) is 10.5 Å². The van der Waals surface area contributed by atoms with E-state index >= 15 is 0 Å². The zero-order chi connectivity index (χ0) is 20.8. The number of nitrogens with one attached hydrogen (secondary N) is 1. The Bertz CT molecular complexity index is 706. The topological polar surface area (TPSA) is 79.0 Å². The molecule has 29 heavy (non-hydrogen) atoms. The van der Waals surface area contributed by atoms with Crippen molar-refractivity contribution in [1.29, 1.82) is 0 Å². The summed E-state index contributed by atoms with van der Waals surface area (Å²) in [5.74, 6) is 0.244.